The molecule has 0 bridgehead atoms. The molecule has 2 heterocycles. The van der Waals surface area contributed by atoms with Crippen molar-refractivity contribution in [3.63, 3.8) is 0 Å². The molecule has 0 aliphatic carbocycles. The monoisotopic (exact) mass is 432 g/mol. The SMILES string of the molecule is O=S(=O)(c1ccc(SCCOc2ccc(Cl)cc2Cl)nc1)N1CCCC1. The number of nitrogens with zero attached hydrogens (tertiary/aromatic N) is 2. The van der Waals surface area contributed by atoms with Gasteiger partial charge in [-0.1, -0.05) is 23.2 Å². The first-order valence-electron chi connectivity index (χ1n) is 8.14. The molecule has 0 N–H and O–H groups in total. The molecule has 9 heteroatoms. The van der Waals surface area contributed by atoms with Gasteiger partial charge in [0.25, 0.3) is 0 Å². The average molecular weight is 433 g/mol. The zero-order valence-electron chi connectivity index (χ0n) is 13.9. The summed E-state index contributed by atoms with van der Waals surface area (Å²) in [5.74, 6) is 1.24. The van der Waals surface area contributed by atoms with Gasteiger partial charge in [0, 0.05) is 30.1 Å². The second-order valence-electron chi connectivity index (χ2n) is 5.71. The number of sulfonamides is 1. The van der Waals surface area contributed by atoms with Gasteiger partial charge in [0.1, 0.15) is 10.6 Å². The zero-order chi connectivity index (χ0) is 18.6. The maximum absolute atomic E-state index is 12.5. The van der Waals surface area contributed by atoms with E-state index in [2.05, 4.69) is 4.98 Å². The van der Waals surface area contributed by atoms with E-state index in [4.69, 9.17) is 27.9 Å². The molecule has 1 aromatic carbocycles. The van der Waals surface area contributed by atoms with E-state index >= 15 is 0 Å². The van der Waals surface area contributed by atoms with Crippen LogP contribution >= 0.6 is 35.0 Å². The third kappa shape index (κ3) is 4.84. The topological polar surface area (TPSA) is 59.5 Å². The molecule has 2 aromatic rings. The van der Waals surface area contributed by atoms with Crippen LogP contribution in [0.4, 0.5) is 0 Å². The van der Waals surface area contributed by atoms with Gasteiger partial charge in [0.05, 0.1) is 16.7 Å². The fourth-order valence-corrected chi connectivity index (χ4v) is 5.17. The molecule has 0 radical (unpaired) electrons. The summed E-state index contributed by atoms with van der Waals surface area (Å²) >= 11 is 13.4. The highest BCUT2D eigenvalue weighted by molar-refractivity contribution is 7.99. The summed E-state index contributed by atoms with van der Waals surface area (Å²) in [5.41, 5.74) is 0. The summed E-state index contributed by atoms with van der Waals surface area (Å²) in [7, 11) is -3.41. The van der Waals surface area contributed by atoms with E-state index in [0.717, 1.165) is 17.9 Å². The standard InChI is InChI=1S/C17H18Cl2N2O3S2/c18-13-3-5-16(15(19)11-13)24-9-10-25-17-6-4-14(12-20-17)26(22,23)21-7-1-2-8-21/h3-6,11-12H,1-2,7-10H2. The van der Waals surface area contributed by atoms with Crippen LogP contribution in [-0.2, 0) is 10.0 Å². The van der Waals surface area contributed by atoms with Gasteiger partial charge in [-0.15, -0.1) is 11.8 Å². The van der Waals surface area contributed by atoms with Crippen LogP contribution in [0.1, 0.15) is 12.8 Å². The van der Waals surface area contributed by atoms with Gasteiger partial charge in [-0.3, -0.25) is 0 Å². The number of ether oxygens (including phenoxy) is 1. The number of aromatic nitrogens is 1. The first-order valence-corrected chi connectivity index (χ1v) is 11.3. The molecule has 0 saturated carbocycles. The molecule has 1 fully saturated rings. The van der Waals surface area contributed by atoms with Gasteiger partial charge in [-0.25, -0.2) is 13.4 Å². The predicted octanol–water partition coefficient (Wildman–Crippen LogP) is 4.34. The van der Waals surface area contributed by atoms with Gasteiger partial charge in [0.2, 0.25) is 10.0 Å². The molecule has 3 rings (SSSR count). The molecular weight excluding hydrogens is 415 g/mol. The maximum atomic E-state index is 12.5. The molecule has 26 heavy (non-hydrogen) atoms. The summed E-state index contributed by atoms with van der Waals surface area (Å²) in [5, 5.41) is 1.78. The number of hydrogen-bond acceptors (Lipinski definition) is 5. The van der Waals surface area contributed by atoms with Gasteiger partial charge < -0.3 is 4.74 Å². The Balaban J connectivity index is 1.51. The normalized spacial score (nSPS) is 15.3. The lowest BCUT2D eigenvalue weighted by Gasteiger charge is -2.15. The van der Waals surface area contributed by atoms with E-state index < -0.39 is 10.0 Å². The van der Waals surface area contributed by atoms with Crippen LogP contribution in [0.15, 0.2) is 46.5 Å². The second kappa shape index (κ2) is 8.80. The Kier molecular flexibility index (Phi) is 6.69. The fraction of sp³-hybridized carbons (Fsp3) is 0.353. The summed E-state index contributed by atoms with van der Waals surface area (Å²) in [6.45, 7) is 1.62. The molecule has 1 aromatic heterocycles. The van der Waals surface area contributed by atoms with Gasteiger partial charge in [-0.2, -0.15) is 4.31 Å². The molecule has 1 aliphatic rings. The molecule has 1 aliphatic heterocycles. The lowest BCUT2D eigenvalue weighted by Crippen LogP contribution is -2.27. The number of halogens is 2. The minimum absolute atomic E-state index is 0.243. The van der Waals surface area contributed by atoms with Crippen molar-refractivity contribution in [2.75, 3.05) is 25.4 Å². The average Bonchev–Trinajstić information content (AvgIpc) is 3.16. The van der Waals surface area contributed by atoms with E-state index in [1.165, 1.54) is 22.3 Å². The van der Waals surface area contributed by atoms with Crippen LogP contribution in [0, 0.1) is 0 Å². The van der Waals surface area contributed by atoms with Crippen molar-refractivity contribution in [3.8, 4) is 5.75 Å². The quantitative estimate of drug-likeness (QED) is 0.480. The fourth-order valence-electron chi connectivity index (χ4n) is 2.57. The number of thioether (sulfide) groups is 1. The summed E-state index contributed by atoms with van der Waals surface area (Å²) < 4.78 is 32.0. The van der Waals surface area contributed by atoms with Crippen LogP contribution in [0.5, 0.6) is 5.75 Å². The molecular formula is C17H18Cl2N2O3S2. The van der Waals surface area contributed by atoms with Crippen LogP contribution < -0.4 is 4.74 Å². The third-order valence-electron chi connectivity index (χ3n) is 3.90. The molecule has 0 amide bonds. The number of pyridine rings is 1. The Morgan fingerprint density at radius 2 is 1.92 bits per heavy atom. The van der Waals surface area contributed by atoms with E-state index in [9.17, 15) is 8.42 Å². The van der Waals surface area contributed by atoms with Crippen molar-refractivity contribution < 1.29 is 13.2 Å². The third-order valence-corrected chi connectivity index (χ3v) is 7.22. The lowest BCUT2D eigenvalue weighted by atomic mass is 10.3. The molecule has 0 atom stereocenters. The Morgan fingerprint density at radius 1 is 1.15 bits per heavy atom. The first kappa shape index (κ1) is 19.8. The Labute approximate surface area is 167 Å². The molecule has 5 nitrogen and oxygen atoms in total. The highest BCUT2D eigenvalue weighted by Crippen LogP contribution is 2.28. The van der Waals surface area contributed by atoms with Crippen LogP contribution in [0.3, 0.4) is 0 Å². The van der Waals surface area contributed by atoms with Crippen molar-refractivity contribution in [1.29, 1.82) is 0 Å². The van der Waals surface area contributed by atoms with Crippen LogP contribution in [-0.4, -0.2) is 43.2 Å². The highest BCUT2D eigenvalue weighted by Gasteiger charge is 2.27. The van der Waals surface area contributed by atoms with Crippen molar-refractivity contribution in [3.05, 3.63) is 46.6 Å². The highest BCUT2D eigenvalue weighted by atomic mass is 35.5. The Bertz CT molecular complexity index is 855. The largest absolute Gasteiger partial charge is 0.491 e. The number of benzene rings is 1. The van der Waals surface area contributed by atoms with Crippen molar-refractivity contribution in [2.24, 2.45) is 0 Å². The van der Waals surface area contributed by atoms with Crippen LogP contribution in [0.2, 0.25) is 10.0 Å². The maximum Gasteiger partial charge on any atom is 0.244 e. The lowest BCUT2D eigenvalue weighted by molar-refractivity contribution is 0.344. The first-order chi connectivity index (χ1) is 12.5. The Morgan fingerprint density at radius 3 is 2.58 bits per heavy atom. The minimum Gasteiger partial charge on any atom is -0.491 e. The summed E-state index contributed by atoms with van der Waals surface area (Å²) in [6, 6.07) is 8.41. The van der Waals surface area contributed by atoms with Crippen molar-refractivity contribution in [1.82, 2.24) is 9.29 Å². The van der Waals surface area contributed by atoms with Crippen molar-refractivity contribution >= 4 is 45.0 Å². The summed E-state index contributed by atoms with van der Waals surface area (Å²) in [4.78, 5) is 4.49. The predicted molar refractivity (Wildman–Crippen MR) is 105 cm³/mol. The Hall–Kier alpha value is -0.990. The molecule has 0 spiro atoms. The van der Waals surface area contributed by atoms with Crippen molar-refractivity contribution in [2.45, 2.75) is 22.8 Å². The molecule has 140 valence electrons. The van der Waals surface area contributed by atoms with E-state index in [1.54, 1.807) is 30.3 Å². The van der Waals surface area contributed by atoms with Crippen LogP contribution in [0.25, 0.3) is 0 Å². The van der Waals surface area contributed by atoms with Gasteiger partial charge >= 0.3 is 0 Å². The van der Waals surface area contributed by atoms with E-state index in [-0.39, 0.29) is 4.90 Å². The van der Waals surface area contributed by atoms with Gasteiger partial charge in [0.15, 0.2) is 0 Å². The molecule has 1 saturated heterocycles. The van der Waals surface area contributed by atoms with E-state index in [0.29, 0.717) is 41.2 Å². The summed E-state index contributed by atoms with van der Waals surface area (Å²) in [6.07, 6.45) is 3.25. The number of rotatable bonds is 7. The smallest absolute Gasteiger partial charge is 0.244 e. The van der Waals surface area contributed by atoms with Gasteiger partial charge in [-0.05, 0) is 43.2 Å². The zero-order valence-corrected chi connectivity index (χ0v) is 17.0. The molecule has 0 unspecified atom stereocenters. The van der Waals surface area contributed by atoms with E-state index in [1.807, 2.05) is 0 Å². The second-order valence-corrected chi connectivity index (χ2v) is 9.61. The number of hydrogen-bond donors (Lipinski definition) is 0. The minimum atomic E-state index is -3.41.